The van der Waals surface area contributed by atoms with Gasteiger partial charge in [0.05, 0.1) is 42.0 Å². The number of hydrogen-bond acceptors (Lipinski definition) is 7. The van der Waals surface area contributed by atoms with Crippen molar-refractivity contribution in [2.45, 2.75) is 31.9 Å². The van der Waals surface area contributed by atoms with Crippen molar-refractivity contribution in [3.63, 3.8) is 0 Å². The number of pyridine rings is 1. The number of primary amides is 1. The quantitative estimate of drug-likeness (QED) is 0.637. The van der Waals surface area contributed by atoms with Gasteiger partial charge >= 0.3 is 6.18 Å². The molecule has 2 N–H and O–H groups in total. The van der Waals surface area contributed by atoms with Gasteiger partial charge in [-0.2, -0.15) is 13.2 Å². The molecule has 3 aromatic rings. The molecule has 0 saturated carbocycles. The third-order valence-corrected chi connectivity index (χ3v) is 4.59. The summed E-state index contributed by atoms with van der Waals surface area (Å²) in [4.78, 5) is 25.2. The van der Waals surface area contributed by atoms with Crippen LogP contribution in [0.25, 0.3) is 11.5 Å². The topological polar surface area (TPSA) is 117 Å². The summed E-state index contributed by atoms with van der Waals surface area (Å²) in [6, 6.07) is 1.75. The number of hydrogen-bond donors (Lipinski definition) is 1. The molecule has 3 heterocycles. The van der Waals surface area contributed by atoms with Crippen LogP contribution < -0.4 is 10.5 Å². The summed E-state index contributed by atoms with van der Waals surface area (Å²) in [6.07, 6.45) is 2.61. The fourth-order valence-electron chi connectivity index (χ4n) is 2.78. The number of carbonyl (C=O) groups is 1. The van der Waals surface area contributed by atoms with E-state index in [2.05, 4.69) is 19.9 Å². The zero-order valence-electron chi connectivity index (χ0n) is 16.2. The van der Waals surface area contributed by atoms with Gasteiger partial charge in [0, 0.05) is 12.5 Å². The lowest BCUT2D eigenvalue weighted by molar-refractivity contribution is -0.141. The normalized spacial score (nSPS) is 13.1. The Kier molecular flexibility index (Phi) is 6.74. The average molecular weight is 456 g/mol. The molecule has 31 heavy (non-hydrogen) atoms. The van der Waals surface area contributed by atoms with E-state index in [-0.39, 0.29) is 0 Å². The minimum absolute atomic E-state index is 0.505. The number of amides is 1. The molecule has 0 bridgehead atoms. The van der Waals surface area contributed by atoms with Crippen molar-refractivity contribution >= 4 is 17.5 Å². The number of nitrogens with zero attached hydrogens (tertiary/aromatic N) is 4. The number of carbonyl (C=O) groups excluding carboxylic acids is 1. The van der Waals surface area contributed by atoms with E-state index in [9.17, 15) is 18.0 Å². The van der Waals surface area contributed by atoms with Crippen LogP contribution in [0.4, 0.5) is 13.2 Å². The average Bonchev–Trinajstić information content (AvgIpc) is 3.18. The summed E-state index contributed by atoms with van der Waals surface area (Å²) in [6.45, 7) is 0. The molecule has 0 atom stereocenters. The fourth-order valence-corrected chi connectivity index (χ4v) is 2.97. The van der Waals surface area contributed by atoms with Gasteiger partial charge < -0.3 is 14.9 Å². The number of aromatic nitrogens is 4. The highest BCUT2D eigenvalue weighted by molar-refractivity contribution is 6.33. The summed E-state index contributed by atoms with van der Waals surface area (Å²) in [7, 11) is 1.57. The Morgan fingerprint density at radius 3 is 2.58 bits per heavy atom. The first-order valence-electron chi connectivity index (χ1n) is 9.06. The number of nitrogens with two attached hydrogens (primary N) is 1. The van der Waals surface area contributed by atoms with Gasteiger partial charge in [-0.25, -0.2) is 15.0 Å². The fraction of sp³-hybridized carbons (Fsp3) is 0.316. The molecule has 0 unspecified atom stereocenters. The Bertz CT molecular complexity index is 1060. The molecule has 1 amide bonds. The molecule has 0 radical (unpaired) electrons. The van der Waals surface area contributed by atoms with Gasteiger partial charge in [0.15, 0.2) is 5.69 Å². The molecule has 0 saturated heterocycles. The molecule has 4 rings (SSSR count). The molecular formula is C19H17ClF3N5O3. The molecule has 1 aliphatic rings. The van der Waals surface area contributed by atoms with Crippen molar-refractivity contribution in [2.75, 3.05) is 7.11 Å². The summed E-state index contributed by atoms with van der Waals surface area (Å²) in [5, 5.41) is 0.523. The summed E-state index contributed by atoms with van der Waals surface area (Å²) in [5.41, 5.74) is 4.77. The van der Waals surface area contributed by atoms with E-state index in [0.29, 0.717) is 23.0 Å². The molecule has 0 aliphatic heterocycles. The number of rotatable bonds is 3. The highest BCUT2D eigenvalue weighted by Gasteiger charge is 2.33. The number of methoxy groups -OCH3 is 1. The highest BCUT2D eigenvalue weighted by atomic mass is 35.5. The van der Waals surface area contributed by atoms with Gasteiger partial charge in [-0.1, -0.05) is 11.6 Å². The minimum Gasteiger partial charge on any atom is -0.481 e. The zero-order chi connectivity index (χ0) is 22.6. The standard InChI is InChI=1S/C13H13ClN2O2.C6H4F3N3O/c1-17-12-6-8(9(14)7-15-12)13-16-10-4-2-3-5-11(10)18-13;7-6(8,9)4-2-11-1-3(12-4)5(10)13/h6-7H,2-5H2,1H3;1-2H,(H2,10,13). The number of halogens is 4. The van der Waals surface area contributed by atoms with Crippen LogP contribution in [0.5, 0.6) is 5.88 Å². The monoisotopic (exact) mass is 455 g/mol. The van der Waals surface area contributed by atoms with Crippen molar-refractivity contribution in [3.05, 3.63) is 52.5 Å². The van der Waals surface area contributed by atoms with Crippen LogP contribution in [0.1, 0.15) is 40.5 Å². The van der Waals surface area contributed by atoms with Gasteiger partial charge in [0.2, 0.25) is 11.8 Å². The molecular weight excluding hydrogens is 439 g/mol. The van der Waals surface area contributed by atoms with Crippen LogP contribution in [0, 0.1) is 0 Å². The van der Waals surface area contributed by atoms with Crippen LogP contribution in [-0.4, -0.2) is 33.0 Å². The SMILES string of the molecule is COc1cc(-c2nc3c(o2)CCCC3)c(Cl)cn1.NC(=O)c1cncc(C(F)(F)F)n1. The third kappa shape index (κ3) is 5.48. The molecule has 0 spiro atoms. The van der Waals surface area contributed by atoms with Gasteiger partial charge in [-0.05, 0) is 19.3 Å². The zero-order valence-corrected chi connectivity index (χ0v) is 17.0. The first-order chi connectivity index (χ1) is 14.7. The van der Waals surface area contributed by atoms with Gasteiger partial charge in [0.25, 0.3) is 5.91 Å². The van der Waals surface area contributed by atoms with E-state index < -0.39 is 23.5 Å². The number of oxazole rings is 1. The van der Waals surface area contributed by atoms with Gasteiger partial charge in [-0.3, -0.25) is 9.78 Å². The smallest absolute Gasteiger partial charge is 0.434 e. The predicted octanol–water partition coefficient (Wildman–Crippen LogP) is 3.87. The van der Waals surface area contributed by atoms with E-state index in [0.717, 1.165) is 42.5 Å². The second-order valence-corrected chi connectivity index (χ2v) is 6.86. The van der Waals surface area contributed by atoms with E-state index in [1.165, 1.54) is 6.42 Å². The first kappa shape index (κ1) is 22.5. The summed E-state index contributed by atoms with van der Waals surface area (Å²) in [5.74, 6) is 1.01. The molecule has 12 heteroatoms. The Labute approximate surface area is 179 Å². The Balaban J connectivity index is 0.000000187. The maximum absolute atomic E-state index is 12.0. The molecule has 164 valence electrons. The maximum atomic E-state index is 12.0. The predicted molar refractivity (Wildman–Crippen MR) is 103 cm³/mol. The summed E-state index contributed by atoms with van der Waals surface area (Å²) >= 11 is 6.13. The van der Waals surface area contributed by atoms with Crippen molar-refractivity contribution in [2.24, 2.45) is 5.73 Å². The van der Waals surface area contributed by atoms with E-state index >= 15 is 0 Å². The molecule has 1 aliphatic carbocycles. The Morgan fingerprint density at radius 1 is 1.19 bits per heavy atom. The van der Waals surface area contributed by atoms with Crippen molar-refractivity contribution in [3.8, 4) is 17.3 Å². The Morgan fingerprint density at radius 2 is 1.94 bits per heavy atom. The Hall–Kier alpha value is -3.21. The van der Waals surface area contributed by atoms with Crippen LogP contribution >= 0.6 is 11.6 Å². The van der Waals surface area contributed by atoms with Crippen LogP contribution in [0.2, 0.25) is 5.02 Å². The van der Waals surface area contributed by atoms with Crippen LogP contribution in [-0.2, 0) is 19.0 Å². The lowest BCUT2D eigenvalue weighted by Crippen LogP contribution is -2.17. The maximum Gasteiger partial charge on any atom is 0.434 e. The van der Waals surface area contributed by atoms with Crippen molar-refractivity contribution in [1.29, 1.82) is 0 Å². The number of ether oxygens (including phenoxy) is 1. The number of fused-ring (bicyclic) bond motifs is 1. The first-order valence-corrected chi connectivity index (χ1v) is 9.44. The largest absolute Gasteiger partial charge is 0.481 e. The lowest BCUT2D eigenvalue weighted by Gasteiger charge is -2.05. The van der Waals surface area contributed by atoms with E-state index in [4.69, 9.17) is 26.5 Å². The highest BCUT2D eigenvalue weighted by Crippen LogP contribution is 2.32. The molecule has 0 aromatic carbocycles. The van der Waals surface area contributed by atoms with Crippen molar-refractivity contribution in [1.82, 2.24) is 19.9 Å². The number of aryl methyl sites for hydroxylation is 2. The second kappa shape index (κ2) is 9.29. The van der Waals surface area contributed by atoms with Gasteiger partial charge in [-0.15, -0.1) is 0 Å². The van der Waals surface area contributed by atoms with Crippen LogP contribution in [0.3, 0.4) is 0 Å². The second-order valence-electron chi connectivity index (χ2n) is 6.45. The third-order valence-electron chi connectivity index (χ3n) is 4.29. The van der Waals surface area contributed by atoms with Gasteiger partial charge in [0.1, 0.15) is 11.5 Å². The summed E-state index contributed by atoms with van der Waals surface area (Å²) < 4.78 is 46.8. The van der Waals surface area contributed by atoms with E-state index in [1.54, 1.807) is 19.4 Å². The minimum atomic E-state index is -4.61. The van der Waals surface area contributed by atoms with E-state index in [1.807, 2.05) is 0 Å². The van der Waals surface area contributed by atoms with Crippen molar-refractivity contribution < 1.29 is 27.1 Å². The lowest BCUT2D eigenvalue weighted by atomic mass is 10.0. The molecule has 3 aromatic heterocycles. The number of alkyl halides is 3. The molecule has 8 nitrogen and oxygen atoms in total. The van der Waals surface area contributed by atoms with Crippen LogP contribution in [0.15, 0.2) is 29.1 Å². The molecule has 0 fully saturated rings.